The van der Waals surface area contributed by atoms with Crippen LogP contribution in [0, 0.1) is 6.92 Å². The van der Waals surface area contributed by atoms with E-state index in [-0.39, 0.29) is 0 Å². The van der Waals surface area contributed by atoms with Crippen LogP contribution < -0.4 is 5.32 Å². The predicted molar refractivity (Wildman–Crippen MR) is 69.4 cm³/mol. The number of hydrogen-bond acceptors (Lipinski definition) is 3. The van der Waals surface area contributed by atoms with Crippen LogP contribution in [0.25, 0.3) is 0 Å². The molecule has 1 N–H and O–H groups in total. The molecule has 1 fully saturated rings. The number of nitrogens with one attached hydrogen (secondary N) is 1. The topological polar surface area (TPSA) is 39.1 Å². The van der Waals surface area contributed by atoms with Gasteiger partial charge in [0.05, 0.1) is 17.8 Å². The van der Waals surface area contributed by atoms with Crippen molar-refractivity contribution in [3.05, 3.63) is 11.9 Å². The Balaban J connectivity index is 2.24. The highest BCUT2D eigenvalue weighted by Crippen LogP contribution is 2.34. The van der Waals surface area contributed by atoms with Crippen LogP contribution in [-0.4, -0.2) is 28.8 Å². The molecule has 2 atom stereocenters. The zero-order valence-electron chi connectivity index (χ0n) is 11.2. The molecule has 1 heterocycles. The van der Waals surface area contributed by atoms with Crippen molar-refractivity contribution >= 4 is 5.95 Å². The SMILES string of the molecule is COC1CCCC1n1cc(C)nc1NC(C)C. The molecule has 2 rings (SSSR count). The van der Waals surface area contributed by atoms with E-state index >= 15 is 0 Å². The van der Waals surface area contributed by atoms with Gasteiger partial charge in [-0.15, -0.1) is 0 Å². The lowest BCUT2D eigenvalue weighted by atomic mass is 10.2. The molecule has 1 saturated carbocycles. The quantitative estimate of drug-likeness (QED) is 0.875. The highest BCUT2D eigenvalue weighted by atomic mass is 16.5. The van der Waals surface area contributed by atoms with Crippen LogP contribution in [0.4, 0.5) is 5.95 Å². The minimum Gasteiger partial charge on any atom is -0.379 e. The molecule has 17 heavy (non-hydrogen) atoms. The summed E-state index contributed by atoms with van der Waals surface area (Å²) in [5, 5.41) is 3.41. The minimum absolute atomic E-state index is 0.330. The Morgan fingerprint density at radius 3 is 2.88 bits per heavy atom. The third kappa shape index (κ3) is 2.63. The molecule has 0 radical (unpaired) electrons. The summed E-state index contributed by atoms with van der Waals surface area (Å²) in [6.07, 6.45) is 6.03. The fraction of sp³-hybridized carbons (Fsp3) is 0.769. The predicted octanol–water partition coefficient (Wildman–Crippen LogP) is 2.75. The molecule has 1 aromatic heterocycles. The maximum atomic E-state index is 5.57. The maximum absolute atomic E-state index is 5.57. The molecule has 0 spiro atoms. The van der Waals surface area contributed by atoms with E-state index in [1.165, 1.54) is 12.8 Å². The van der Waals surface area contributed by atoms with E-state index in [0.29, 0.717) is 18.2 Å². The molecule has 0 saturated heterocycles. The monoisotopic (exact) mass is 237 g/mol. The first-order valence-electron chi connectivity index (χ1n) is 6.46. The van der Waals surface area contributed by atoms with Crippen LogP contribution in [-0.2, 0) is 4.74 Å². The van der Waals surface area contributed by atoms with Gasteiger partial charge in [-0.05, 0) is 40.0 Å². The first-order valence-corrected chi connectivity index (χ1v) is 6.46. The van der Waals surface area contributed by atoms with Gasteiger partial charge in [-0.2, -0.15) is 0 Å². The van der Waals surface area contributed by atoms with Crippen LogP contribution in [0.3, 0.4) is 0 Å². The standard InChI is InChI=1S/C13H23N3O/c1-9(2)14-13-15-10(3)8-16(13)11-6-5-7-12(11)17-4/h8-9,11-12H,5-7H2,1-4H3,(H,14,15). The van der Waals surface area contributed by atoms with Crippen LogP contribution in [0.5, 0.6) is 0 Å². The number of ether oxygens (including phenoxy) is 1. The second kappa shape index (κ2) is 5.08. The summed E-state index contributed by atoms with van der Waals surface area (Å²) < 4.78 is 7.83. The first kappa shape index (κ1) is 12.4. The lowest BCUT2D eigenvalue weighted by molar-refractivity contribution is 0.0755. The van der Waals surface area contributed by atoms with E-state index in [9.17, 15) is 0 Å². The molecule has 4 nitrogen and oxygen atoms in total. The fourth-order valence-electron chi connectivity index (χ4n) is 2.63. The van der Waals surface area contributed by atoms with Crippen molar-refractivity contribution in [3.8, 4) is 0 Å². The molecule has 1 aliphatic rings. The minimum atomic E-state index is 0.330. The van der Waals surface area contributed by atoms with Crippen LogP contribution in [0.15, 0.2) is 6.20 Å². The van der Waals surface area contributed by atoms with Gasteiger partial charge in [0, 0.05) is 19.3 Å². The molecular weight excluding hydrogens is 214 g/mol. The summed E-state index contributed by atoms with van der Waals surface area (Å²) in [6, 6.07) is 0.834. The van der Waals surface area contributed by atoms with Gasteiger partial charge in [-0.25, -0.2) is 4.98 Å². The highest BCUT2D eigenvalue weighted by molar-refractivity contribution is 5.31. The Kier molecular flexibility index (Phi) is 3.72. The Hall–Kier alpha value is -1.03. The van der Waals surface area contributed by atoms with Crippen LogP contribution in [0.1, 0.15) is 44.8 Å². The van der Waals surface area contributed by atoms with Gasteiger partial charge in [-0.1, -0.05) is 0 Å². The van der Waals surface area contributed by atoms with E-state index < -0.39 is 0 Å². The second-order valence-corrected chi connectivity index (χ2v) is 5.18. The zero-order valence-corrected chi connectivity index (χ0v) is 11.2. The second-order valence-electron chi connectivity index (χ2n) is 5.18. The van der Waals surface area contributed by atoms with Gasteiger partial charge >= 0.3 is 0 Å². The van der Waals surface area contributed by atoms with E-state index in [4.69, 9.17) is 4.74 Å². The summed E-state index contributed by atoms with van der Waals surface area (Å²) in [4.78, 5) is 4.56. The van der Waals surface area contributed by atoms with Crippen molar-refractivity contribution in [2.75, 3.05) is 12.4 Å². The average Bonchev–Trinajstić information content (AvgIpc) is 2.83. The van der Waals surface area contributed by atoms with Crippen molar-refractivity contribution in [1.82, 2.24) is 9.55 Å². The number of imidazole rings is 1. The van der Waals surface area contributed by atoms with Crippen molar-refractivity contribution in [2.45, 2.75) is 58.2 Å². The van der Waals surface area contributed by atoms with E-state index in [1.807, 2.05) is 14.0 Å². The average molecular weight is 237 g/mol. The normalized spacial score (nSPS) is 24.5. The van der Waals surface area contributed by atoms with Crippen molar-refractivity contribution < 1.29 is 4.74 Å². The number of rotatable bonds is 4. The van der Waals surface area contributed by atoms with Gasteiger partial charge in [0.1, 0.15) is 0 Å². The van der Waals surface area contributed by atoms with Gasteiger partial charge in [0.2, 0.25) is 5.95 Å². The molecule has 1 aliphatic carbocycles. The van der Waals surface area contributed by atoms with E-state index in [0.717, 1.165) is 18.1 Å². The maximum Gasteiger partial charge on any atom is 0.203 e. The molecule has 0 aromatic carbocycles. The number of hydrogen-bond donors (Lipinski definition) is 1. The third-order valence-corrected chi connectivity index (χ3v) is 3.35. The number of nitrogens with zero attached hydrogens (tertiary/aromatic N) is 2. The van der Waals surface area contributed by atoms with Gasteiger partial charge in [0.25, 0.3) is 0 Å². The smallest absolute Gasteiger partial charge is 0.203 e. The number of aromatic nitrogens is 2. The molecule has 96 valence electrons. The third-order valence-electron chi connectivity index (χ3n) is 3.35. The molecule has 2 unspecified atom stereocenters. The van der Waals surface area contributed by atoms with Gasteiger partial charge < -0.3 is 14.6 Å². The number of aryl methyl sites for hydroxylation is 1. The lowest BCUT2D eigenvalue weighted by Crippen LogP contribution is -2.23. The number of methoxy groups -OCH3 is 1. The van der Waals surface area contributed by atoms with Crippen molar-refractivity contribution in [1.29, 1.82) is 0 Å². The van der Waals surface area contributed by atoms with Crippen LogP contribution >= 0.6 is 0 Å². The number of anilines is 1. The Labute approximate surface area is 103 Å². The largest absolute Gasteiger partial charge is 0.379 e. The van der Waals surface area contributed by atoms with Crippen molar-refractivity contribution in [3.63, 3.8) is 0 Å². The lowest BCUT2D eigenvalue weighted by Gasteiger charge is -2.22. The molecule has 0 amide bonds. The molecule has 1 aromatic rings. The van der Waals surface area contributed by atoms with Gasteiger partial charge in [-0.3, -0.25) is 0 Å². The zero-order chi connectivity index (χ0) is 12.4. The summed E-state index contributed by atoms with van der Waals surface area (Å²) >= 11 is 0. The summed E-state index contributed by atoms with van der Waals surface area (Å²) in [5.74, 6) is 0.978. The summed E-state index contributed by atoms with van der Waals surface area (Å²) in [7, 11) is 1.81. The highest BCUT2D eigenvalue weighted by Gasteiger charge is 2.30. The summed E-state index contributed by atoms with van der Waals surface area (Å²) in [5.41, 5.74) is 1.06. The van der Waals surface area contributed by atoms with E-state index in [1.54, 1.807) is 0 Å². The van der Waals surface area contributed by atoms with Gasteiger partial charge in [0.15, 0.2) is 0 Å². The Morgan fingerprint density at radius 1 is 1.47 bits per heavy atom. The first-order chi connectivity index (χ1) is 8.11. The molecular formula is C13H23N3O. The molecule has 0 aliphatic heterocycles. The Bertz CT molecular complexity index is 373. The fourth-order valence-corrected chi connectivity index (χ4v) is 2.63. The molecule has 4 heteroatoms. The van der Waals surface area contributed by atoms with E-state index in [2.05, 4.69) is 34.9 Å². The molecule has 0 bridgehead atoms. The Morgan fingerprint density at radius 2 is 2.24 bits per heavy atom. The van der Waals surface area contributed by atoms with Crippen LogP contribution in [0.2, 0.25) is 0 Å². The van der Waals surface area contributed by atoms with Crippen molar-refractivity contribution in [2.24, 2.45) is 0 Å². The summed E-state index contributed by atoms with van der Waals surface area (Å²) in [6.45, 7) is 6.31.